The molecule has 1 amide bonds. The van der Waals surface area contributed by atoms with Crippen LogP contribution in [0.1, 0.15) is 31.2 Å². The van der Waals surface area contributed by atoms with E-state index < -0.39 is 5.60 Å². The summed E-state index contributed by atoms with van der Waals surface area (Å²) in [6.45, 7) is 3.21. The van der Waals surface area contributed by atoms with Gasteiger partial charge < -0.3 is 10.0 Å². The number of aliphatic hydroxyl groups is 1. The lowest BCUT2D eigenvalue weighted by Crippen LogP contribution is -2.46. The molecule has 1 unspecified atom stereocenters. The summed E-state index contributed by atoms with van der Waals surface area (Å²) in [5.41, 5.74) is 0.578. The predicted molar refractivity (Wildman–Crippen MR) is 76.3 cm³/mol. The summed E-state index contributed by atoms with van der Waals surface area (Å²) >= 11 is 1.77. The largest absolute Gasteiger partial charge is 0.390 e. The molecule has 1 fully saturated rings. The number of carbonyl (C=O) groups is 1. The summed E-state index contributed by atoms with van der Waals surface area (Å²) in [5, 5.41) is 9.96. The van der Waals surface area contributed by atoms with Crippen molar-refractivity contribution in [2.24, 2.45) is 0 Å². The summed E-state index contributed by atoms with van der Waals surface area (Å²) in [6, 6.07) is 8.19. The van der Waals surface area contributed by atoms with Crippen LogP contribution < -0.4 is 0 Å². The predicted octanol–water partition coefficient (Wildman–Crippen LogP) is 2.25. The number of fused-ring (bicyclic) bond motifs is 1. The van der Waals surface area contributed by atoms with Crippen molar-refractivity contribution in [2.75, 3.05) is 18.8 Å². The molecule has 3 rings (SSSR count). The van der Waals surface area contributed by atoms with Crippen LogP contribution in [-0.2, 0) is 4.79 Å². The molecule has 1 N–H and O–H groups in total. The van der Waals surface area contributed by atoms with Crippen LogP contribution in [0.5, 0.6) is 0 Å². The number of hydrogen-bond donors (Lipinski definition) is 1. The molecule has 0 aliphatic carbocycles. The third-order valence-electron chi connectivity index (χ3n) is 4.15. The molecule has 2 aliphatic rings. The van der Waals surface area contributed by atoms with Crippen molar-refractivity contribution in [1.82, 2.24) is 4.90 Å². The molecular formula is C15H19NO2S. The van der Waals surface area contributed by atoms with E-state index in [0.29, 0.717) is 25.9 Å². The van der Waals surface area contributed by atoms with Gasteiger partial charge in [0.1, 0.15) is 0 Å². The Morgan fingerprint density at radius 3 is 2.79 bits per heavy atom. The number of piperidine rings is 1. The molecule has 2 aliphatic heterocycles. The fraction of sp³-hybridized carbons (Fsp3) is 0.533. The van der Waals surface area contributed by atoms with Gasteiger partial charge in [-0.3, -0.25) is 4.79 Å². The number of rotatable bonds is 1. The van der Waals surface area contributed by atoms with E-state index >= 15 is 0 Å². The van der Waals surface area contributed by atoms with Gasteiger partial charge in [0.2, 0.25) is 5.91 Å². The molecule has 1 aromatic rings. The SMILES string of the molecule is CC1(O)CCN(C(=O)C2CSc3ccccc32)CC1. The van der Waals surface area contributed by atoms with Gasteiger partial charge in [0.05, 0.1) is 11.5 Å². The molecule has 2 heterocycles. The molecule has 0 spiro atoms. The topological polar surface area (TPSA) is 40.5 Å². The Morgan fingerprint density at radius 2 is 2.05 bits per heavy atom. The van der Waals surface area contributed by atoms with E-state index in [1.54, 1.807) is 11.8 Å². The second-order valence-electron chi connectivity index (χ2n) is 5.72. The maximum atomic E-state index is 12.6. The number of thioether (sulfide) groups is 1. The molecule has 0 bridgehead atoms. The molecule has 1 atom stereocenters. The third-order valence-corrected chi connectivity index (χ3v) is 5.33. The highest BCUT2D eigenvalue weighted by atomic mass is 32.2. The molecular weight excluding hydrogens is 258 g/mol. The average molecular weight is 277 g/mol. The Morgan fingerprint density at radius 1 is 1.37 bits per heavy atom. The zero-order valence-electron chi connectivity index (χ0n) is 11.1. The zero-order chi connectivity index (χ0) is 13.5. The van der Waals surface area contributed by atoms with E-state index in [4.69, 9.17) is 0 Å². The van der Waals surface area contributed by atoms with Gasteiger partial charge >= 0.3 is 0 Å². The van der Waals surface area contributed by atoms with Crippen LogP contribution in [0.15, 0.2) is 29.2 Å². The van der Waals surface area contributed by atoms with Crippen LogP contribution in [0.2, 0.25) is 0 Å². The van der Waals surface area contributed by atoms with Gasteiger partial charge in [0.15, 0.2) is 0 Å². The number of likely N-dealkylation sites (tertiary alicyclic amines) is 1. The molecule has 3 nitrogen and oxygen atoms in total. The number of carbonyl (C=O) groups excluding carboxylic acids is 1. The molecule has 0 radical (unpaired) electrons. The first kappa shape index (κ1) is 13.0. The number of hydrogen-bond acceptors (Lipinski definition) is 3. The highest BCUT2D eigenvalue weighted by Gasteiger charge is 2.35. The fourth-order valence-corrected chi connectivity index (χ4v) is 4.02. The quantitative estimate of drug-likeness (QED) is 0.856. The minimum Gasteiger partial charge on any atom is -0.390 e. The molecule has 4 heteroatoms. The Labute approximate surface area is 118 Å². The zero-order valence-corrected chi connectivity index (χ0v) is 11.9. The Hall–Kier alpha value is -1.00. The van der Waals surface area contributed by atoms with Crippen molar-refractivity contribution in [1.29, 1.82) is 0 Å². The van der Waals surface area contributed by atoms with Crippen LogP contribution in [0.25, 0.3) is 0 Å². The van der Waals surface area contributed by atoms with Crippen molar-refractivity contribution in [3.63, 3.8) is 0 Å². The van der Waals surface area contributed by atoms with E-state index in [2.05, 4.69) is 12.1 Å². The minimum atomic E-state index is -0.598. The Bertz CT molecular complexity index is 491. The Balaban J connectivity index is 1.73. The van der Waals surface area contributed by atoms with Gasteiger partial charge in [-0.15, -0.1) is 11.8 Å². The van der Waals surface area contributed by atoms with E-state index in [1.807, 2.05) is 24.0 Å². The monoisotopic (exact) mass is 277 g/mol. The van der Waals surface area contributed by atoms with Gasteiger partial charge in [-0.1, -0.05) is 18.2 Å². The summed E-state index contributed by atoms with van der Waals surface area (Å²) in [7, 11) is 0. The number of nitrogens with zero attached hydrogens (tertiary/aromatic N) is 1. The summed E-state index contributed by atoms with van der Waals surface area (Å²) < 4.78 is 0. The van der Waals surface area contributed by atoms with Gasteiger partial charge in [-0.25, -0.2) is 0 Å². The van der Waals surface area contributed by atoms with E-state index in [0.717, 1.165) is 5.75 Å². The van der Waals surface area contributed by atoms with Crippen molar-refractivity contribution in [3.05, 3.63) is 29.8 Å². The lowest BCUT2D eigenvalue weighted by molar-refractivity contribution is -0.136. The first-order chi connectivity index (χ1) is 9.07. The van der Waals surface area contributed by atoms with Gasteiger partial charge in [-0.05, 0) is 31.4 Å². The van der Waals surface area contributed by atoms with Crippen molar-refractivity contribution < 1.29 is 9.90 Å². The second-order valence-corrected chi connectivity index (χ2v) is 6.79. The molecule has 0 saturated carbocycles. The average Bonchev–Trinajstić information content (AvgIpc) is 2.82. The highest BCUT2D eigenvalue weighted by molar-refractivity contribution is 7.99. The maximum absolute atomic E-state index is 12.6. The summed E-state index contributed by atoms with van der Waals surface area (Å²) in [4.78, 5) is 15.8. The first-order valence-electron chi connectivity index (χ1n) is 6.80. The summed E-state index contributed by atoms with van der Waals surface area (Å²) in [5.74, 6) is 1.09. The van der Waals surface area contributed by atoms with Crippen molar-refractivity contribution in [3.8, 4) is 0 Å². The second kappa shape index (κ2) is 4.84. The van der Waals surface area contributed by atoms with Crippen LogP contribution in [0.4, 0.5) is 0 Å². The van der Waals surface area contributed by atoms with Crippen molar-refractivity contribution in [2.45, 2.75) is 36.2 Å². The first-order valence-corrected chi connectivity index (χ1v) is 7.78. The lowest BCUT2D eigenvalue weighted by atomic mass is 9.92. The van der Waals surface area contributed by atoms with Gasteiger partial charge in [0, 0.05) is 23.7 Å². The van der Waals surface area contributed by atoms with Gasteiger partial charge in [0.25, 0.3) is 0 Å². The minimum absolute atomic E-state index is 0.00393. The molecule has 1 aromatic carbocycles. The maximum Gasteiger partial charge on any atom is 0.231 e. The van der Waals surface area contributed by atoms with Crippen molar-refractivity contribution >= 4 is 17.7 Å². The lowest BCUT2D eigenvalue weighted by Gasteiger charge is -2.37. The molecule has 1 saturated heterocycles. The van der Waals surface area contributed by atoms with Crippen LogP contribution >= 0.6 is 11.8 Å². The van der Waals surface area contributed by atoms with E-state index in [1.165, 1.54) is 10.5 Å². The molecule has 19 heavy (non-hydrogen) atoms. The van der Waals surface area contributed by atoms with Crippen LogP contribution in [-0.4, -0.2) is 40.4 Å². The highest BCUT2D eigenvalue weighted by Crippen LogP contribution is 2.40. The van der Waals surface area contributed by atoms with Crippen LogP contribution in [0.3, 0.4) is 0 Å². The standard InChI is InChI=1S/C15H19NO2S/c1-15(18)6-8-16(9-7-15)14(17)12-10-19-13-5-3-2-4-11(12)13/h2-5,12,18H,6-10H2,1H3. The third kappa shape index (κ3) is 2.51. The van der Waals surface area contributed by atoms with Crippen LogP contribution in [0, 0.1) is 0 Å². The normalized spacial score (nSPS) is 25.2. The molecule has 0 aromatic heterocycles. The van der Waals surface area contributed by atoms with Gasteiger partial charge in [-0.2, -0.15) is 0 Å². The molecule has 102 valence electrons. The van der Waals surface area contributed by atoms with E-state index in [-0.39, 0.29) is 11.8 Å². The van der Waals surface area contributed by atoms with E-state index in [9.17, 15) is 9.90 Å². The Kier molecular flexibility index (Phi) is 3.31. The summed E-state index contributed by atoms with van der Waals surface area (Å²) in [6.07, 6.45) is 1.36. The smallest absolute Gasteiger partial charge is 0.231 e. The number of amides is 1. The number of benzene rings is 1. The fourth-order valence-electron chi connectivity index (χ4n) is 2.80.